The van der Waals surface area contributed by atoms with Crippen molar-refractivity contribution in [1.82, 2.24) is 0 Å². The lowest BCUT2D eigenvalue weighted by Crippen LogP contribution is -2.30. The van der Waals surface area contributed by atoms with Gasteiger partial charge in [0.15, 0.2) is 6.10 Å². The number of hydrogen-bond acceptors (Lipinski definition) is 14. The van der Waals surface area contributed by atoms with Crippen molar-refractivity contribution >= 4 is 33.6 Å². The van der Waals surface area contributed by atoms with Crippen LogP contribution in [0.3, 0.4) is 0 Å². The third-order valence-corrected chi connectivity index (χ3v) is 25.5. The highest BCUT2D eigenvalue weighted by Gasteiger charge is 2.30. The Bertz CT molecular complexity index is 3190. The lowest BCUT2D eigenvalue weighted by atomic mass is 10.0. The first-order chi connectivity index (χ1) is 66.2. The molecule has 0 spiro atoms. The molecule has 0 aromatic carbocycles. The Balaban J connectivity index is 4.57. The summed E-state index contributed by atoms with van der Waals surface area (Å²) >= 11 is 0. The largest absolute Gasteiger partial charge is 0.472 e. The third-order valence-electron chi connectivity index (χ3n) is 23.6. The molecule has 0 amide bonds. The van der Waals surface area contributed by atoms with Gasteiger partial charge in [-0.2, -0.15) is 0 Å². The van der Waals surface area contributed by atoms with E-state index in [9.17, 15) is 43.5 Å². The molecule has 0 aliphatic rings. The van der Waals surface area contributed by atoms with Crippen molar-refractivity contribution in [3.05, 3.63) is 182 Å². The lowest BCUT2D eigenvalue weighted by molar-refractivity contribution is -0.161. The first kappa shape index (κ1) is 130. The van der Waals surface area contributed by atoms with E-state index in [2.05, 4.69) is 203 Å². The first-order valence-corrected chi connectivity index (χ1v) is 58.1. The van der Waals surface area contributed by atoms with Crippen LogP contribution in [0.15, 0.2) is 182 Å². The van der Waals surface area contributed by atoms with Crippen LogP contribution in [0.4, 0.5) is 0 Å². The average Bonchev–Trinajstić information content (AvgIpc) is 0.895. The van der Waals surface area contributed by atoms with Gasteiger partial charge >= 0.3 is 33.6 Å². The Labute approximate surface area is 827 Å². The summed E-state index contributed by atoms with van der Waals surface area (Å²) in [5.41, 5.74) is 0. The van der Waals surface area contributed by atoms with Gasteiger partial charge in [0.05, 0.1) is 26.4 Å². The van der Waals surface area contributed by atoms with Crippen LogP contribution in [0.25, 0.3) is 0 Å². The Morgan fingerprint density at radius 1 is 0.207 bits per heavy atom. The zero-order chi connectivity index (χ0) is 97.8. The molecule has 0 fully saturated rings. The Morgan fingerprint density at radius 3 is 0.585 bits per heavy atom. The Morgan fingerprint density at radius 2 is 0.370 bits per heavy atom. The zero-order valence-electron chi connectivity index (χ0n) is 86.3. The minimum atomic E-state index is -4.95. The summed E-state index contributed by atoms with van der Waals surface area (Å²) in [5.74, 6) is -1.55. The second-order valence-corrected chi connectivity index (χ2v) is 39.6. The molecule has 0 radical (unpaired) electrons. The van der Waals surface area contributed by atoms with Crippen LogP contribution in [0.1, 0.15) is 483 Å². The summed E-state index contributed by atoms with van der Waals surface area (Å²) in [6.45, 7) is 2.44. The van der Waals surface area contributed by atoms with E-state index in [1.54, 1.807) is 0 Å². The fourth-order valence-corrected chi connectivity index (χ4v) is 17.0. The zero-order valence-corrected chi connectivity index (χ0v) is 88.1. The van der Waals surface area contributed by atoms with Gasteiger partial charge in [-0.1, -0.05) is 492 Å². The average molecular weight is 1930 g/mol. The fraction of sp³-hybridized carbons (Fsp3) is 0.718. The standard InChI is InChI=1S/C117H202O16P2/c1-4-7-10-13-16-19-22-25-28-31-34-37-40-43-46-49-51-53-55-57-59-62-64-67-70-73-76-79-82-85-88-91-94-97-100-103-115(120)127-106-112(118)107-129-134(123,124)130-108-113(119)109-131-135(125,126)132-111-114(133-117(122)105-102-99-96-93-90-87-84-81-78-75-72-69-66-61-48-45-42-39-36-33-30-27-24-21-18-15-12-9-6-3)110-128-116(121)104-101-98-95-92-89-86-83-80-77-74-71-68-65-63-60-58-56-54-52-50-47-44-41-38-35-32-29-26-23-20-17-14-11-8-5-2/h7-12,16-21,25-30,34-39,43-48,112-114,118-119H,4-6,13-15,22-24,31-33,40-42,49-111H2,1-3H3,(H,123,124)(H,125,126)/b10-7-,11-8-,12-9-,19-16-,20-17-,21-18-,28-25-,29-26-,30-27-,37-34-,38-35-,39-36-,46-43-,47-44-,48-45-. The molecule has 5 atom stereocenters. The smallest absolute Gasteiger partial charge is 0.463 e. The number of carbonyl (C=O) groups excluding carboxylic acids is 3. The van der Waals surface area contributed by atoms with Crippen LogP contribution >= 0.6 is 15.6 Å². The third kappa shape index (κ3) is 109. The van der Waals surface area contributed by atoms with Crippen molar-refractivity contribution in [2.24, 2.45) is 0 Å². The minimum absolute atomic E-state index is 0.101. The SMILES string of the molecule is CC/C=C\C/C=C\C/C=C\C/C=C\C/C=C\CCCCCCCCCCCCCCCCCCCCCC(=O)OCC(O)COP(=O)(O)OCC(O)COP(=O)(O)OCC(COC(=O)CCCCCCCCCCCCCCCCCCCCC/C=C\C/C=C\C/C=C\C/C=C\C/C=C\CC)OC(=O)CCCCCCCCCCCCCCC/C=C\C/C=C\C/C=C\C/C=C\C/C=C\CC. The van der Waals surface area contributed by atoms with E-state index in [1.807, 2.05) is 0 Å². The highest BCUT2D eigenvalue weighted by atomic mass is 31.2. The summed E-state index contributed by atoms with van der Waals surface area (Å²) in [5, 5.41) is 20.8. The molecule has 18 heteroatoms. The molecule has 0 heterocycles. The molecule has 0 rings (SSSR count). The van der Waals surface area contributed by atoms with Gasteiger partial charge in [0, 0.05) is 19.3 Å². The molecule has 0 aromatic rings. The second kappa shape index (κ2) is 107. The molecule has 16 nitrogen and oxygen atoms in total. The summed E-state index contributed by atoms with van der Waals surface area (Å²) in [6, 6.07) is 0. The van der Waals surface area contributed by atoms with Gasteiger partial charge in [0.25, 0.3) is 0 Å². The minimum Gasteiger partial charge on any atom is -0.463 e. The van der Waals surface area contributed by atoms with Crippen LogP contribution in [0, 0.1) is 0 Å². The quantitative estimate of drug-likeness (QED) is 0.0146. The molecule has 0 bridgehead atoms. The maximum atomic E-state index is 13.2. The molecule has 0 aromatic heterocycles. The number of allylic oxidation sites excluding steroid dienone is 30. The van der Waals surface area contributed by atoms with E-state index in [-0.39, 0.29) is 19.3 Å². The van der Waals surface area contributed by atoms with Gasteiger partial charge in [-0.05, 0) is 154 Å². The predicted octanol–water partition coefficient (Wildman–Crippen LogP) is 35.5. The fourth-order valence-electron chi connectivity index (χ4n) is 15.4. The van der Waals surface area contributed by atoms with Crippen molar-refractivity contribution < 1.29 is 75.8 Å². The first-order valence-electron chi connectivity index (χ1n) is 55.1. The molecule has 0 saturated carbocycles. The summed E-state index contributed by atoms with van der Waals surface area (Å²) in [7, 11) is -9.82. The van der Waals surface area contributed by atoms with Gasteiger partial charge in [-0.25, -0.2) is 9.13 Å². The van der Waals surface area contributed by atoms with Crippen LogP contribution in [-0.2, 0) is 55.8 Å². The van der Waals surface area contributed by atoms with Crippen molar-refractivity contribution in [3.63, 3.8) is 0 Å². The molecule has 0 saturated heterocycles. The lowest BCUT2D eigenvalue weighted by Gasteiger charge is -2.21. The van der Waals surface area contributed by atoms with E-state index in [0.717, 1.165) is 167 Å². The van der Waals surface area contributed by atoms with Gasteiger partial charge in [0.2, 0.25) is 0 Å². The molecular weight excluding hydrogens is 1720 g/mol. The van der Waals surface area contributed by atoms with Crippen molar-refractivity contribution in [2.45, 2.75) is 501 Å². The van der Waals surface area contributed by atoms with E-state index < -0.39 is 91.5 Å². The number of esters is 3. The number of carbonyl (C=O) groups is 3. The molecule has 135 heavy (non-hydrogen) atoms. The molecule has 0 aliphatic heterocycles. The number of phosphoric acid groups is 2. The number of hydrogen-bond donors (Lipinski definition) is 4. The normalized spacial score (nSPS) is 14.3. The van der Waals surface area contributed by atoms with Crippen LogP contribution in [0.2, 0.25) is 0 Å². The molecule has 0 aliphatic carbocycles. The van der Waals surface area contributed by atoms with Crippen molar-refractivity contribution in [1.29, 1.82) is 0 Å². The molecule has 5 unspecified atom stereocenters. The highest BCUT2D eigenvalue weighted by molar-refractivity contribution is 7.47. The number of ether oxygens (including phenoxy) is 3. The maximum Gasteiger partial charge on any atom is 0.472 e. The van der Waals surface area contributed by atoms with Gasteiger partial charge in [0.1, 0.15) is 25.4 Å². The number of aliphatic hydroxyl groups is 2. The highest BCUT2D eigenvalue weighted by Crippen LogP contribution is 2.45. The molecule has 776 valence electrons. The molecular formula is C117H202O16P2. The molecule has 4 N–H and O–H groups in total. The van der Waals surface area contributed by atoms with Crippen molar-refractivity contribution in [3.8, 4) is 0 Å². The summed E-state index contributed by atoms with van der Waals surface area (Å²) in [6.07, 6.45) is 144. The van der Waals surface area contributed by atoms with E-state index in [4.69, 9.17) is 32.3 Å². The van der Waals surface area contributed by atoms with E-state index in [0.29, 0.717) is 19.3 Å². The Kier molecular flexibility index (Phi) is 103. The monoisotopic (exact) mass is 1930 g/mol. The van der Waals surface area contributed by atoms with Crippen LogP contribution in [-0.4, -0.2) is 95.9 Å². The number of aliphatic hydroxyl groups excluding tert-OH is 2. The van der Waals surface area contributed by atoms with Crippen molar-refractivity contribution in [2.75, 3.05) is 39.6 Å². The topological polar surface area (TPSA) is 231 Å². The Hall–Kier alpha value is -5.35. The van der Waals surface area contributed by atoms with Gasteiger partial charge < -0.3 is 34.2 Å². The maximum absolute atomic E-state index is 13.2. The van der Waals surface area contributed by atoms with Gasteiger partial charge in [-0.15, -0.1) is 0 Å². The number of rotatable bonds is 104. The summed E-state index contributed by atoms with van der Waals surface area (Å²) < 4.78 is 61.8. The summed E-state index contributed by atoms with van der Waals surface area (Å²) in [4.78, 5) is 59.3. The van der Waals surface area contributed by atoms with E-state index in [1.165, 1.54) is 257 Å². The van der Waals surface area contributed by atoms with Gasteiger partial charge in [-0.3, -0.25) is 32.5 Å². The predicted molar refractivity (Wildman–Crippen MR) is 574 cm³/mol. The number of unbranched alkanes of at least 4 members (excludes halogenated alkanes) is 51. The van der Waals surface area contributed by atoms with Crippen LogP contribution < -0.4 is 0 Å². The van der Waals surface area contributed by atoms with E-state index >= 15 is 0 Å². The number of phosphoric ester groups is 2. The second-order valence-electron chi connectivity index (χ2n) is 36.7. The van der Waals surface area contributed by atoms with Crippen LogP contribution in [0.5, 0.6) is 0 Å².